The van der Waals surface area contributed by atoms with E-state index in [0.29, 0.717) is 16.4 Å². The van der Waals surface area contributed by atoms with Crippen LogP contribution in [0.3, 0.4) is 0 Å². The van der Waals surface area contributed by atoms with E-state index >= 15 is 0 Å². The zero-order valence-corrected chi connectivity index (χ0v) is 15.6. The number of nitrogens with zero attached hydrogens (tertiary/aromatic N) is 4. The molecule has 0 N–H and O–H groups in total. The van der Waals surface area contributed by atoms with Crippen LogP contribution in [-0.2, 0) is 4.74 Å². The highest BCUT2D eigenvalue weighted by molar-refractivity contribution is 6.30. The maximum Gasteiger partial charge on any atom is 0.344 e. The van der Waals surface area contributed by atoms with Gasteiger partial charge in [0, 0.05) is 10.6 Å². The third-order valence-electron chi connectivity index (χ3n) is 4.04. The first-order chi connectivity index (χ1) is 13.7. The van der Waals surface area contributed by atoms with Crippen molar-refractivity contribution in [3.63, 3.8) is 0 Å². The third kappa shape index (κ3) is 3.39. The summed E-state index contributed by atoms with van der Waals surface area (Å²) in [6.45, 7) is 1.97. The molecule has 0 unspecified atom stereocenters. The Kier molecular flexibility index (Phi) is 4.90. The number of hydrogen-bond acceptors (Lipinski definition) is 6. The molecule has 0 saturated heterocycles. The molecule has 0 bridgehead atoms. The van der Waals surface area contributed by atoms with Crippen LogP contribution in [0.5, 0.6) is 0 Å². The van der Waals surface area contributed by atoms with Crippen molar-refractivity contribution < 1.29 is 14.1 Å². The Balaban J connectivity index is 1.79. The van der Waals surface area contributed by atoms with Crippen molar-refractivity contribution in [1.82, 2.24) is 20.2 Å². The minimum absolute atomic E-state index is 0.206. The Bertz CT molecular complexity index is 1100. The molecule has 2 aromatic carbocycles. The standard InChI is InChI=1S/C20H15ClN4O3/c1-2-27-20(26)17-18(13-6-4-3-5-7-13)23-28-19(17)16-12-25(24-22-16)15-10-8-14(21)9-11-15/h3-12H,2H2,1H3. The predicted octanol–water partition coefficient (Wildman–Crippen LogP) is 4.42. The van der Waals surface area contributed by atoms with Crippen LogP contribution in [0.1, 0.15) is 17.3 Å². The molecule has 0 radical (unpaired) electrons. The van der Waals surface area contributed by atoms with Gasteiger partial charge in [0.15, 0.2) is 5.69 Å². The van der Waals surface area contributed by atoms with Crippen LogP contribution in [0, 0.1) is 0 Å². The number of carbonyl (C=O) groups excluding carboxylic acids is 1. The molecule has 0 spiro atoms. The van der Waals surface area contributed by atoms with Gasteiger partial charge in [0.1, 0.15) is 11.3 Å². The summed E-state index contributed by atoms with van der Waals surface area (Å²) in [6, 6.07) is 16.4. The number of rotatable bonds is 5. The lowest BCUT2D eigenvalue weighted by atomic mass is 10.1. The number of hydrogen-bond donors (Lipinski definition) is 0. The number of halogens is 1. The number of benzene rings is 2. The van der Waals surface area contributed by atoms with Gasteiger partial charge >= 0.3 is 5.97 Å². The fourth-order valence-electron chi connectivity index (χ4n) is 2.74. The smallest absolute Gasteiger partial charge is 0.344 e. The van der Waals surface area contributed by atoms with E-state index in [0.717, 1.165) is 11.3 Å². The summed E-state index contributed by atoms with van der Waals surface area (Å²) in [5, 5.41) is 12.9. The highest BCUT2D eigenvalue weighted by Gasteiger charge is 2.28. The molecule has 0 amide bonds. The molecular formula is C20H15ClN4O3. The summed E-state index contributed by atoms with van der Waals surface area (Å²) in [5.74, 6) is -0.323. The van der Waals surface area contributed by atoms with Crippen LogP contribution in [0.15, 0.2) is 65.3 Å². The summed E-state index contributed by atoms with van der Waals surface area (Å²) in [6.07, 6.45) is 1.65. The molecular weight excluding hydrogens is 380 g/mol. The van der Waals surface area contributed by atoms with Crippen molar-refractivity contribution in [2.45, 2.75) is 6.92 Å². The lowest BCUT2D eigenvalue weighted by Gasteiger charge is -2.03. The topological polar surface area (TPSA) is 83.0 Å². The molecule has 2 heterocycles. The first kappa shape index (κ1) is 17.9. The molecule has 0 saturated carbocycles. The van der Waals surface area contributed by atoms with Gasteiger partial charge in [-0.05, 0) is 31.2 Å². The normalized spacial score (nSPS) is 10.8. The average Bonchev–Trinajstić information content (AvgIpc) is 3.36. The summed E-state index contributed by atoms with van der Waals surface area (Å²) < 4.78 is 12.3. The van der Waals surface area contributed by atoms with Gasteiger partial charge in [-0.15, -0.1) is 5.10 Å². The Morgan fingerprint density at radius 3 is 2.61 bits per heavy atom. The van der Waals surface area contributed by atoms with Gasteiger partial charge in [-0.25, -0.2) is 9.48 Å². The first-order valence-electron chi connectivity index (χ1n) is 8.58. The van der Waals surface area contributed by atoms with Gasteiger partial charge in [0.25, 0.3) is 0 Å². The molecule has 4 aromatic rings. The minimum Gasteiger partial charge on any atom is -0.462 e. The van der Waals surface area contributed by atoms with E-state index in [9.17, 15) is 4.79 Å². The Labute approximate surface area is 165 Å². The average molecular weight is 395 g/mol. The zero-order chi connectivity index (χ0) is 19.5. The highest BCUT2D eigenvalue weighted by Crippen LogP contribution is 2.32. The van der Waals surface area contributed by atoms with Gasteiger partial charge < -0.3 is 9.26 Å². The van der Waals surface area contributed by atoms with Gasteiger partial charge in [-0.1, -0.05) is 52.3 Å². The molecule has 140 valence electrons. The second-order valence-electron chi connectivity index (χ2n) is 5.85. The molecule has 4 rings (SSSR count). The van der Waals surface area contributed by atoms with Crippen molar-refractivity contribution in [3.8, 4) is 28.4 Å². The molecule has 28 heavy (non-hydrogen) atoms. The van der Waals surface area contributed by atoms with Crippen molar-refractivity contribution >= 4 is 17.6 Å². The number of ether oxygens (including phenoxy) is 1. The van der Waals surface area contributed by atoms with Gasteiger partial charge in [-0.3, -0.25) is 0 Å². The molecule has 0 aliphatic heterocycles. The van der Waals surface area contributed by atoms with E-state index in [1.165, 1.54) is 0 Å². The van der Waals surface area contributed by atoms with Crippen molar-refractivity contribution in [2.24, 2.45) is 0 Å². The first-order valence-corrected chi connectivity index (χ1v) is 8.96. The van der Waals surface area contributed by atoms with E-state index in [1.807, 2.05) is 42.5 Å². The maximum atomic E-state index is 12.6. The lowest BCUT2D eigenvalue weighted by Crippen LogP contribution is -2.06. The van der Waals surface area contributed by atoms with Crippen LogP contribution in [0.25, 0.3) is 28.4 Å². The summed E-state index contributed by atoms with van der Waals surface area (Å²) >= 11 is 5.93. The van der Waals surface area contributed by atoms with Crippen molar-refractivity contribution in [3.05, 3.63) is 71.4 Å². The van der Waals surface area contributed by atoms with E-state index in [1.54, 1.807) is 29.9 Å². The molecule has 0 aliphatic rings. The largest absolute Gasteiger partial charge is 0.462 e. The fourth-order valence-corrected chi connectivity index (χ4v) is 2.86. The SMILES string of the molecule is CCOC(=O)c1c(-c2ccccc2)noc1-c1cn(-c2ccc(Cl)cc2)nn1. The summed E-state index contributed by atoms with van der Waals surface area (Å²) in [4.78, 5) is 12.6. The quantitative estimate of drug-likeness (QED) is 0.466. The summed E-state index contributed by atoms with van der Waals surface area (Å²) in [7, 11) is 0. The molecule has 2 aromatic heterocycles. The Morgan fingerprint density at radius 1 is 1.14 bits per heavy atom. The van der Waals surface area contributed by atoms with Crippen molar-refractivity contribution in [2.75, 3.05) is 6.61 Å². The Hall–Kier alpha value is -3.45. The van der Waals surface area contributed by atoms with E-state index in [2.05, 4.69) is 15.5 Å². The molecule has 8 heteroatoms. The van der Waals surface area contributed by atoms with E-state index in [-0.39, 0.29) is 17.9 Å². The van der Waals surface area contributed by atoms with Crippen LogP contribution in [0.2, 0.25) is 5.02 Å². The second kappa shape index (κ2) is 7.66. The fraction of sp³-hybridized carbons (Fsp3) is 0.100. The third-order valence-corrected chi connectivity index (χ3v) is 4.29. The zero-order valence-electron chi connectivity index (χ0n) is 14.9. The molecule has 0 atom stereocenters. The van der Waals surface area contributed by atoms with Crippen LogP contribution >= 0.6 is 11.6 Å². The van der Waals surface area contributed by atoms with Crippen LogP contribution in [-0.4, -0.2) is 32.7 Å². The predicted molar refractivity (Wildman–Crippen MR) is 103 cm³/mol. The molecule has 0 aliphatic carbocycles. The Morgan fingerprint density at radius 2 is 1.89 bits per heavy atom. The monoisotopic (exact) mass is 394 g/mol. The lowest BCUT2D eigenvalue weighted by molar-refractivity contribution is 0.0527. The second-order valence-corrected chi connectivity index (χ2v) is 6.28. The highest BCUT2D eigenvalue weighted by atomic mass is 35.5. The molecule has 7 nitrogen and oxygen atoms in total. The number of aromatic nitrogens is 4. The van der Waals surface area contributed by atoms with Crippen LogP contribution < -0.4 is 0 Å². The number of esters is 1. The van der Waals surface area contributed by atoms with Gasteiger partial charge in [-0.2, -0.15) is 0 Å². The van der Waals surface area contributed by atoms with E-state index in [4.69, 9.17) is 20.9 Å². The summed E-state index contributed by atoms with van der Waals surface area (Å²) in [5.41, 5.74) is 2.49. The molecule has 0 fully saturated rings. The maximum absolute atomic E-state index is 12.6. The number of carbonyl (C=O) groups is 1. The minimum atomic E-state index is -0.529. The van der Waals surface area contributed by atoms with Crippen molar-refractivity contribution in [1.29, 1.82) is 0 Å². The van der Waals surface area contributed by atoms with Gasteiger partial charge in [0.05, 0.1) is 18.5 Å². The van der Waals surface area contributed by atoms with Crippen LogP contribution in [0.4, 0.5) is 0 Å². The van der Waals surface area contributed by atoms with Gasteiger partial charge in [0.2, 0.25) is 5.76 Å². The van der Waals surface area contributed by atoms with E-state index < -0.39 is 5.97 Å².